The van der Waals surface area contributed by atoms with Crippen LogP contribution in [-0.2, 0) is 25.9 Å². The Kier molecular flexibility index (Phi) is 5.13. The molecule has 2 aromatic heterocycles. The Bertz CT molecular complexity index is 1110. The van der Waals surface area contributed by atoms with Gasteiger partial charge in [0.25, 0.3) is 11.2 Å². The molecule has 3 heterocycles. The van der Waals surface area contributed by atoms with E-state index in [9.17, 15) is 14.9 Å². The molecule has 0 radical (unpaired) electrons. The highest BCUT2D eigenvalue weighted by Gasteiger charge is 2.22. The zero-order valence-electron chi connectivity index (χ0n) is 16.0. The van der Waals surface area contributed by atoms with E-state index in [1.54, 1.807) is 18.5 Å². The Morgan fingerprint density at radius 3 is 2.79 bits per heavy atom. The van der Waals surface area contributed by atoms with Gasteiger partial charge in [-0.15, -0.1) is 0 Å². The van der Waals surface area contributed by atoms with Gasteiger partial charge in [0.1, 0.15) is 12.2 Å². The summed E-state index contributed by atoms with van der Waals surface area (Å²) < 4.78 is 0. The number of hydrogen-bond acceptors (Lipinski definition) is 7. The van der Waals surface area contributed by atoms with Crippen molar-refractivity contribution in [2.75, 3.05) is 6.54 Å². The Morgan fingerprint density at radius 1 is 1.28 bits per heavy atom. The molecule has 1 N–H and O–H groups in total. The maximum absolute atomic E-state index is 12.6. The van der Waals surface area contributed by atoms with Gasteiger partial charge >= 0.3 is 0 Å². The molecule has 0 saturated carbocycles. The SMILES string of the molecule is CCc1ccc(CN2CCc3nc(-c4cncnc4)[nH]c(=O)c3C2)cc1[N+](=O)[O-]. The average Bonchev–Trinajstić information content (AvgIpc) is 2.74. The fraction of sp³-hybridized carbons (Fsp3) is 0.300. The number of aromatic amines is 1. The summed E-state index contributed by atoms with van der Waals surface area (Å²) in [4.78, 5) is 41.0. The highest BCUT2D eigenvalue weighted by molar-refractivity contribution is 5.52. The summed E-state index contributed by atoms with van der Waals surface area (Å²) in [6.07, 6.45) is 5.90. The summed E-state index contributed by atoms with van der Waals surface area (Å²) in [7, 11) is 0. The summed E-state index contributed by atoms with van der Waals surface area (Å²) >= 11 is 0. The van der Waals surface area contributed by atoms with Crippen molar-refractivity contribution in [2.45, 2.75) is 32.9 Å². The van der Waals surface area contributed by atoms with Crippen LogP contribution >= 0.6 is 0 Å². The Balaban J connectivity index is 1.56. The van der Waals surface area contributed by atoms with E-state index in [4.69, 9.17) is 0 Å². The smallest absolute Gasteiger partial charge is 0.272 e. The van der Waals surface area contributed by atoms with E-state index in [1.807, 2.05) is 19.1 Å². The number of nitrogens with zero attached hydrogens (tertiary/aromatic N) is 5. The molecular formula is C20H20N6O3. The van der Waals surface area contributed by atoms with Gasteiger partial charge in [-0.25, -0.2) is 15.0 Å². The summed E-state index contributed by atoms with van der Waals surface area (Å²) in [6, 6.07) is 5.37. The number of benzene rings is 1. The van der Waals surface area contributed by atoms with Crippen LogP contribution < -0.4 is 5.56 Å². The predicted octanol–water partition coefficient (Wildman–Crippen LogP) is 2.26. The van der Waals surface area contributed by atoms with Crippen LogP contribution in [-0.4, -0.2) is 36.3 Å². The molecule has 148 valence electrons. The lowest BCUT2D eigenvalue weighted by Gasteiger charge is -2.27. The fourth-order valence-corrected chi connectivity index (χ4v) is 3.61. The van der Waals surface area contributed by atoms with E-state index in [0.717, 1.165) is 23.4 Å². The molecule has 9 heteroatoms. The first kappa shape index (κ1) is 18.9. The first-order valence-electron chi connectivity index (χ1n) is 9.41. The zero-order chi connectivity index (χ0) is 20.4. The van der Waals surface area contributed by atoms with Crippen LogP contribution in [0.5, 0.6) is 0 Å². The van der Waals surface area contributed by atoms with Gasteiger partial charge in [0.15, 0.2) is 0 Å². The third-order valence-electron chi connectivity index (χ3n) is 5.12. The minimum absolute atomic E-state index is 0.150. The van der Waals surface area contributed by atoms with Crippen molar-refractivity contribution in [1.82, 2.24) is 24.8 Å². The summed E-state index contributed by atoms with van der Waals surface area (Å²) in [5.41, 5.74) is 3.63. The first-order valence-corrected chi connectivity index (χ1v) is 9.41. The van der Waals surface area contributed by atoms with Gasteiger partial charge in [0.2, 0.25) is 0 Å². The van der Waals surface area contributed by atoms with Crippen molar-refractivity contribution in [1.29, 1.82) is 0 Å². The number of aryl methyl sites for hydroxylation is 1. The quantitative estimate of drug-likeness (QED) is 0.522. The molecule has 0 aliphatic carbocycles. The molecule has 0 saturated heterocycles. The van der Waals surface area contributed by atoms with Crippen molar-refractivity contribution >= 4 is 5.69 Å². The lowest BCUT2D eigenvalue weighted by Crippen LogP contribution is -2.35. The van der Waals surface area contributed by atoms with Gasteiger partial charge in [-0.1, -0.05) is 19.1 Å². The van der Waals surface area contributed by atoms with Crippen LogP contribution in [0.2, 0.25) is 0 Å². The van der Waals surface area contributed by atoms with E-state index in [0.29, 0.717) is 42.9 Å². The normalized spacial score (nSPS) is 13.8. The average molecular weight is 392 g/mol. The van der Waals surface area contributed by atoms with Crippen LogP contribution in [0.3, 0.4) is 0 Å². The third kappa shape index (κ3) is 3.90. The van der Waals surface area contributed by atoms with Crippen LogP contribution in [0.4, 0.5) is 5.69 Å². The number of hydrogen-bond donors (Lipinski definition) is 1. The van der Waals surface area contributed by atoms with Crippen LogP contribution in [0.1, 0.15) is 29.3 Å². The van der Waals surface area contributed by atoms with E-state index >= 15 is 0 Å². The van der Waals surface area contributed by atoms with Gasteiger partial charge < -0.3 is 4.98 Å². The Morgan fingerprint density at radius 2 is 2.07 bits per heavy atom. The van der Waals surface area contributed by atoms with E-state index in [1.165, 1.54) is 6.33 Å². The van der Waals surface area contributed by atoms with Crippen LogP contribution in [0, 0.1) is 10.1 Å². The van der Waals surface area contributed by atoms with Crippen molar-refractivity contribution in [3.05, 3.63) is 79.8 Å². The molecule has 0 spiro atoms. The molecule has 3 aromatic rings. The molecule has 0 fully saturated rings. The van der Waals surface area contributed by atoms with Gasteiger partial charge in [-0.05, 0) is 12.0 Å². The lowest BCUT2D eigenvalue weighted by molar-refractivity contribution is -0.385. The molecule has 0 bridgehead atoms. The Labute approximate surface area is 166 Å². The topological polar surface area (TPSA) is 118 Å². The van der Waals surface area contributed by atoms with Crippen LogP contribution in [0.15, 0.2) is 41.7 Å². The highest BCUT2D eigenvalue weighted by atomic mass is 16.6. The van der Waals surface area contributed by atoms with E-state index in [2.05, 4.69) is 24.8 Å². The summed E-state index contributed by atoms with van der Waals surface area (Å²) in [5.74, 6) is 0.466. The lowest BCUT2D eigenvalue weighted by atomic mass is 10.0. The molecule has 4 rings (SSSR count). The Hall–Kier alpha value is -3.46. The predicted molar refractivity (Wildman–Crippen MR) is 106 cm³/mol. The minimum Gasteiger partial charge on any atom is -0.306 e. The number of H-pyrrole nitrogens is 1. The fourth-order valence-electron chi connectivity index (χ4n) is 3.61. The first-order chi connectivity index (χ1) is 14.0. The van der Waals surface area contributed by atoms with Crippen molar-refractivity contribution in [3.8, 4) is 11.4 Å². The standard InChI is InChI=1S/C20H20N6O3/c1-2-14-4-3-13(7-18(14)26(28)29)10-25-6-5-17-16(11-25)20(27)24-19(23-17)15-8-21-12-22-9-15/h3-4,7-9,12H,2,5-6,10-11H2,1H3,(H,23,24,27). The number of fused-ring (bicyclic) bond motifs is 1. The van der Waals surface area contributed by atoms with Gasteiger partial charge in [0, 0.05) is 50.1 Å². The maximum atomic E-state index is 12.6. The van der Waals surface area contributed by atoms with Gasteiger partial charge in [-0.3, -0.25) is 19.8 Å². The maximum Gasteiger partial charge on any atom is 0.272 e. The molecule has 0 unspecified atom stereocenters. The number of rotatable bonds is 5. The third-order valence-corrected chi connectivity index (χ3v) is 5.12. The summed E-state index contributed by atoms with van der Waals surface area (Å²) in [6.45, 7) is 3.61. The second-order valence-corrected chi connectivity index (χ2v) is 7.00. The second-order valence-electron chi connectivity index (χ2n) is 7.00. The second kappa shape index (κ2) is 7.88. The number of nitro groups is 1. The monoisotopic (exact) mass is 392 g/mol. The number of nitrogens with one attached hydrogen (secondary N) is 1. The number of aromatic nitrogens is 4. The van der Waals surface area contributed by atoms with Crippen LogP contribution in [0.25, 0.3) is 11.4 Å². The van der Waals surface area contributed by atoms with E-state index < -0.39 is 0 Å². The largest absolute Gasteiger partial charge is 0.306 e. The highest BCUT2D eigenvalue weighted by Crippen LogP contribution is 2.24. The molecule has 0 atom stereocenters. The molecule has 9 nitrogen and oxygen atoms in total. The molecule has 29 heavy (non-hydrogen) atoms. The van der Waals surface area contributed by atoms with Crippen molar-refractivity contribution in [3.63, 3.8) is 0 Å². The molecular weight excluding hydrogens is 372 g/mol. The number of nitro benzene ring substituents is 1. The molecule has 1 aromatic carbocycles. The minimum atomic E-state index is -0.336. The molecule has 1 aliphatic rings. The van der Waals surface area contributed by atoms with Crippen molar-refractivity contribution in [2.24, 2.45) is 0 Å². The zero-order valence-corrected chi connectivity index (χ0v) is 16.0. The van der Waals surface area contributed by atoms with Gasteiger partial charge in [-0.2, -0.15) is 0 Å². The van der Waals surface area contributed by atoms with Gasteiger partial charge in [0.05, 0.1) is 21.7 Å². The summed E-state index contributed by atoms with van der Waals surface area (Å²) in [5, 5.41) is 11.3. The molecule has 0 amide bonds. The molecule has 1 aliphatic heterocycles. The van der Waals surface area contributed by atoms with Crippen molar-refractivity contribution < 1.29 is 4.92 Å². The van der Waals surface area contributed by atoms with E-state index in [-0.39, 0.29) is 16.2 Å².